The fourth-order valence-corrected chi connectivity index (χ4v) is 3.07. The minimum absolute atomic E-state index is 0.00475. The summed E-state index contributed by atoms with van der Waals surface area (Å²) in [5.41, 5.74) is 6.56. The number of rotatable bonds is 2. The number of esters is 1. The summed E-state index contributed by atoms with van der Waals surface area (Å²) in [6.07, 6.45) is 0. The number of nitrogens with two attached hydrogens (primary N) is 1. The molecule has 3 rings (SSSR count). The Morgan fingerprint density at radius 3 is 2.86 bits per heavy atom. The zero-order chi connectivity index (χ0) is 15.0. The van der Waals surface area contributed by atoms with E-state index >= 15 is 0 Å². The van der Waals surface area contributed by atoms with Gasteiger partial charge in [-0.1, -0.05) is 29.8 Å². The van der Waals surface area contributed by atoms with Crippen LogP contribution < -0.4 is 5.73 Å². The maximum atomic E-state index is 11.7. The lowest BCUT2D eigenvalue weighted by molar-refractivity contribution is 0.0594. The van der Waals surface area contributed by atoms with E-state index < -0.39 is 5.97 Å². The number of fused-ring (bicyclic) bond motifs is 1. The van der Waals surface area contributed by atoms with Crippen LogP contribution in [0.5, 0.6) is 0 Å². The van der Waals surface area contributed by atoms with Gasteiger partial charge in [-0.15, -0.1) is 11.3 Å². The first-order valence-electron chi connectivity index (χ1n) is 5.99. The number of thiophene rings is 1. The van der Waals surface area contributed by atoms with Gasteiger partial charge in [0.05, 0.1) is 7.11 Å². The van der Waals surface area contributed by atoms with Crippen molar-refractivity contribution in [2.45, 2.75) is 0 Å². The standard InChI is InChI=1S/C14H10ClN3O2S/c1-20-14(19)11-10(15)12(16)18-13(17-11)8-6-21-9-5-3-2-4-7(8)9/h2-6H,1H3,(H2,16,17,18). The molecule has 0 amide bonds. The number of hydrogen-bond donors (Lipinski definition) is 1. The number of nitrogens with zero attached hydrogens (tertiary/aromatic N) is 2. The number of nitrogen functional groups attached to an aromatic ring is 1. The molecule has 0 saturated carbocycles. The molecular weight excluding hydrogens is 310 g/mol. The summed E-state index contributed by atoms with van der Waals surface area (Å²) in [7, 11) is 1.26. The Morgan fingerprint density at radius 2 is 2.10 bits per heavy atom. The van der Waals surface area contributed by atoms with E-state index in [2.05, 4.69) is 14.7 Å². The average Bonchev–Trinajstić information content (AvgIpc) is 2.93. The molecule has 0 radical (unpaired) electrons. The van der Waals surface area contributed by atoms with Crippen molar-refractivity contribution in [3.8, 4) is 11.4 Å². The molecular formula is C14H10ClN3O2S. The number of ether oxygens (including phenoxy) is 1. The third-order valence-corrected chi connectivity index (χ3v) is 4.31. The van der Waals surface area contributed by atoms with Crippen LogP contribution in [0.3, 0.4) is 0 Å². The van der Waals surface area contributed by atoms with Crippen molar-refractivity contribution in [1.29, 1.82) is 0 Å². The predicted octanol–water partition coefficient (Wildman–Crippen LogP) is 3.38. The van der Waals surface area contributed by atoms with Gasteiger partial charge in [-0.25, -0.2) is 14.8 Å². The van der Waals surface area contributed by atoms with E-state index in [0.29, 0.717) is 5.82 Å². The molecule has 0 aliphatic rings. The van der Waals surface area contributed by atoms with Gasteiger partial charge in [0.15, 0.2) is 11.5 Å². The van der Waals surface area contributed by atoms with Crippen molar-refractivity contribution in [3.05, 3.63) is 40.4 Å². The van der Waals surface area contributed by atoms with E-state index in [1.165, 1.54) is 7.11 Å². The molecule has 0 bridgehead atoms. The molecule has 0 unspecified atom stereocenters. The zero-order valence-corrected chi connectivity index (χ0v) is 12.5. The normalized spacial score (nSPS) is 10.8. The van der Waals surface area contributed by atoms with Crippen molar-refractivity contribution < 1.29 is 9.53 Å². The molecule has 7 heteroatoms. The van der Waals surface area contributed by atoms with E-state index in [9.17, 15) is 4.79 Å². The van der Waals surface area contributed by atoms with Crippen LogP contribution in [-0.4, -0.2) is 23.0 Å². The van der Waals surface area contributed by atoms with E-state index in [-0.39, 0.29) is 16.5 Å². The van der Waals surface area contributed by atoms with Crippen LogP contribution in [0.15, 0.2) is 29.6 Å². The molecule has 21 heavy (non-hydrogen) atoms. The Labute approximate surface area is 129 Å². The quantitative estimate of drug-likeness (QED) is 0.733. The minimum Gasteiger partial charge on any atom is -0.464 e. The summed E-state index contributed by atoms with van der Waals surface area (Å²) >= 11 is 7.54. The number of halogens is 1. The Morgan fingerprint density at radius 1 is 1.33 bits per heavy atom. The molecule has 0 aliphatic carbocycles. The third kappa shape index (κ3) is 2.32. The number of anilines is 1. The summed E-state index contributed by atoms with van der Waals surface area (Å²) in [5, 5.41) is 2.93. The second-order valence-electron chi connectivity index (χ2n) is 4.23. The minimum atomic E-state index is -0.644. The van der Waals surface area contributed by atoms with E-state index in [4.69, 9.17) is 17.3 Å². The number of aromatic nitrogens is 2. The van der Waals surface area contributed by atoms with Crippen LogP contribution in [0.2, 0.25) is 5.02 Å². The van der Waals surface area contributed by atoms with Gasteiger partial charge in [-0.3, -0.25) is 0 Å². The Balaban J connectivity index is 2.23. The van der Waals surface area contributed by atoms with Gasteiger partial charge >= 0.3 is 5.97 Å². The molecule has 0 saturated heterocycles. The Kier molecular flexibility index (Phi) is 3.48. The summed E-state index contributed by atoms with van der Waals surface area (Å²) in [6.45, 7) is 0. The molecule has 106 valence electrons. The molecule has 0 aliphatic heterocycles. The highest BCUT2D eigenvalue weighted by Gasteiger charge is 2.20. The molecule has 2 heterocycles. The summed E-state index contributed by atoms with van der Waals surface area (Å²) < 4.78 is 5.77. The molecule has 5 nitrogen and oxygen atoms in total. The van der Waals surface area contributed by atoms with Gasteiger partial charge in [-0.2, -0.15) is 0 Å². The van der Waals surface area contributed by atoms with Crippen LogP contribution in [0.4, 0.5) is 5.82 Å². The fraction of sp³-hybridized carbons (Fsp3) is 0.0714. The van der Waals surface area contributed by atoms with Crippen LogP contribution in [0.1, 0.15) is 10.5 Å². The van der Waals surface area contributed by atoms with Crippen molar-refractivity contribution >= 4 is 44.8 Å². The molecule has 2 aromatic heterocycles. The van der Waals surface area contributed by atoms with Gasteiger partial charge in [0.25, 0.3) is 0 Å². The number of methoxy groups -OCH3 is 1. The van der Waals surface area contributed by atoms with Crippen molar-refractivity contribution in [2.75, 3.05) is 12.8 Å². The summed E-state index contributed by atoms with van der Waals surface area (Å²) in [6, 6.07) is 7.86. The van der Waals surface area contributed by atoms with E-state index in [1.54, 1.807) is 11.3 Å². The number of carbonyl (C=O) groups excluding carboxylic acids is 1. The number of hydrogen-bond acceptors (Lipinski definition) is 6. The molecule has 2 N–H and O–H groups in total. The highest BCUT2D eigenvalue weighted by Crippen LogP contribution is 2.33. The lowest BCUT2D eigenvalue weighted by Crippen LogP contribution is -2.09. The SMILES string of the molecule is COC(=O)c1nc(-c2csc3ccccc23)nc(N)c1Cl. The summed E-state index contributed by atoms with van der Waals surface area (Å²) in [4.78, 5) is 20.1. The third-order valence-electron chi connectivity index (χ3n) is 2.98. The van der Waals surface area contributed by atoms with Crippen LogP contribution in [-0.2, 0) is 4.74 Å². The molecule has 0 atom stereocenters. The topological polar surface area (TPSA) is 78.1 Å². The average molecular weight is 320 g/mol. The zero-order valence-electron chi connectivity index (χ0n) is 11.0. The first-order chi connectivity index (χ1) is 10.1. The maximum absolute atomic E-state index is 11.7. The highest BCUT2D eigenvalue weighted by atomic mass is 35.5. The molecule has 1 aromatic carbocycles. The van der Waals surface area contributed by atoms with Gasteiger partial charge in [0.2, 0.25) is 0 Å². The van der Waals surface area contributed by atoms with Crippen LogP contribution >= 0.6 is 22.9 Å². The predicted molar refractivity (Wildman–Crippen MR) is 83.6 cm³/mol. The highest BCUT2D eigenvalue weighted by molar-refractivity contribution is 7.17. The fourth-order valence-electron chi connectivity index (χ4n) is 1.97. The number of carbonyl (C=O) groups is 1. The van der Waals surface area contributed by atoms with Gasteiger partial charge in [-0.05, 0) is 6.07 Å². The van der Waals surface area contributed by atoms with Crippen molar-refractivity contribution in [3.63, 3.8) is 0 Å². The largest absolute Gasteiger partial charge is 0.464 e. The Bertz CT molecular complexity index is 847. The second kappa shape index (κ2) is 5.31. The van der Waals surface area contributed by atoms with Gasteiger partial charge in [0.1, 0.15) is 10.8 Å². The lowest BCUT2D eigenvalue weighted by atomic mass is 10.1. The molecule has 3 aromatic rings. The van der Waals surface area contributed by atoms with Gasteiger partial charge in [0, 0.05) is 21.0 Å². The van der Waals surface area contributed by atoms with Gasteiger partial charge < -0.3 is 10.5 Å². The lowest BCUT2D eigenvalue weighted by Gasteiger charge is -2.06. The van der Waals surface area contributed by atoms with E-state index in [0.717, 1.165) is 15.6 Å². The number of benzene rings is 1. The van der Waals surface area contributed by atoms with Crippen molar-refractivity contribution in [1.82, 2.24) is 9.97 Å². The van der Waals surface area contributed by atoms with Crippen molar-refractivity contribution in [2.24, 2.45) is 0 Å². The molecule has 0 fully saturated rings. The van der Waals surface area contributed by atoms with Crippen LogP contribution in [0, 0.1) is 0 Å². The Hall–Kier alpha value is -2.18. The van der Waals surface area contributed by atoms with Crippen LogP contribution in [0.25, 0.3) is 21.5 Å². The first-order valence-corrected chi connectivity index (χ1v) is 7.25. The summed E-state index contributed by atoms with van der Waals surface area (Å²) in [5.74, 6) is -0.234. The van der Waals surface area contributed by atoms with E-state index in [1.807, 2.05) is 29.6 Å². The first kappa shape index (κ1) is 13.8. The smallest absolute Gasteiger partial charge is 0.358 e. The molecule has 0 spiro atoms. The second-order valence-corrected chi connectivity index (χ2v) is 5.52. The monoisotopic (exact) mass is 319 g/mol. The maximum Gasteiger partial charge on any atom is 0.358 e.